The summed E-state index contributed by atoms with van der Waals surface area (Å²) in [6.07, 6.45) is 3.57. The highest BCUT2D eigenvalue weighted by Crippen LogP contribution is 2.24. The predicted molar refractivity (Wildman–Crippen MR) is 116 cm³/mol. The lowest BCUT2D eigenvalue weighted by Crippen LogP contribution is -2.20. The highest BCUT2D eigenvalue weighted by atomic mass is 16.5. The Morgan fingerprint density at radius 3 is 2.36 bits per heavy atom. The molecule has 2 aromatic rings. The van der Waals surface area contributed by atoms with Gasteiger partial charge in [-0.15, -0.1) is 0 Å². The first-order valence-electron chi connectivity index (χ1n) is 10.6. The van der Waals surface area contributed by atoms with E-state index in [0.717, 1.165) is 38.2 Å². The molecule has 0 bridgehead atoms. The SMILES string of the molecule is CCC(NCc1ccc(C(C)(C)C)cc1)c1ccc(OCC2CCCO2)cc1. The molecule has 1 aliphatic heterocycles. The third-order valence-corrected chi connectivity index (χ3v) is 5.52. The minimum atomic E-state index is 0.200. The monoisotopic (exact) mass is 381 g/mol. The molecule has 2 atom stereocenters. The largest absolute Gasteiger partial charge is 0.491 e. The van der Waals surface area contributed by atoms with Gasteiger partial charge in [-0.3, -0.25) is 0 Å². The average Bonchev–Trinajstić information content (AvgIpc) is 3.21. The summed E-state index contributed by atoms with van der Waals surface area (Å²) in [7, 11) is 0. The maximum Gasteiger partial charge on any atom is 0.119 e. The molecule has 3 rings (SSSR count). The maximum absolute atomic E-state index is 5.88. The molecule has 0 spiro atoms. The van der Waals surface area contributed by atoms with Gasteiger partial charge in [-0.1, -0.05) is 64.1 Å². The molecule has 28 heavy (non-hydrogen) atoms. The Kier molecular flexibility index (Phi) is 7.14. The number of hydrogen-bond acceptors (Lipinski definition) is 3. The van der Waals surface area contributed by atoms with Crippen LogP contribution in [0.25, 0.3) is 0 Å². The van der Waals surface area contributed by atoms with E-state index in [0.29, 0.717) is 12.6 Å². The molecular formula is C25H35NO2. The van der Waals surface area contributed by atoms with Crippen molar-refractivity contribution >= 4 is 0 Å². The average molecular weight is 382 g/mol. The van der Waals surface area contributed by atoms with E-state index < -0.39 is 0 Å². The Hall–Kier alpha value is -1.84. The van der Waals surface area contributed by atoms with Crippen LogP contribution in [-0.4, -0.2) is 19.3 Å². The number of rotatable bonds is 8. The summed E-state index contributed by atoms with van der Waals surface area (Å²) in [6.45, 7) is 11.4. The summed E-state index contributed by atoms with van der Waals surface area (Å²) in [5.74, 6) is 0.923. The van der Waals surface area contributed by atoms with E-state index in [9.17, 15) is 0 Å². The molecule has 1 heterocycles. The zero-order valence-electron chi connectivity index (χ0n) is 17.8. The summed E-state index contributed by atoms with van der Waals surface area (Å²) in [6, 6.07) is 17.8. The predicted octanol–water partition coefficient (Wildman–Crippen LogP) is 5.78. The summed E-state index contributed by atoms with van der Waals surface area (Å²) < 4.78 is 11.5. The second-order valence-electron chi connectivity index (χ2n) is 8.80. The van der Waals surface area contributed by atoms with Crippen LogP contribution in [0.5, 0.6) is 5.75 Å². The van der Waals surface area contributed by atoms with Crippen molar-refractivity contribution in [3.63, 3.8) is 0 Å². The molecule has 0 aliphatic carbocycles. The maximum atomic E-state index is 5.88. The Morgan fingerprint density at radius 1 is 1.07 bits per heavy atom. The highest BCUT2D eigenvalue weighted by molar-refractivity contribution is 5.30. The van der Waals surface area contributed by atoms with Gasteiger partial charge in [0.1, 0.15) is 12.4 Å². The third-order valence-electron chi connectivity index (χ3n) is 5.52. The highest BCUT2D eigenvalue weighted by Gasteiger charge is 2.16. The fraction of sp³-hybridized carbons (Fsp3) is 0.520. The zero-order valence-corrected chi connectivity index (χ0v) is 17.8. The molecule has 2 unspecified atom stereocenters. The van der Waals surface area contributed by atoms with E-state index in [1.54, 1.807) is 0 Å². The molecule has 0 radical (unpaired) electrons. The summed E-state index contributed by atoms with van der Waals surface area (Å²) in [5.41, 5.74) is 4.20. The van der Waals surface area contributed by atoms with Crippen molar-refractivity contribution in [1.29, 1.82) is 0 Å². The number of hydrogen-bond donors (Lipinski definition) is 1. The fourth-order valence-corrected chi connectivity index (χ4v) is 3.62. The van der Waals surface area contributed by atoms with Gasteiger partial charge in [-0.25, -0.2) is 0 Å². The number of ether oxygens (including phenoxy) is 2. The van der Waals surface area contributed by atoms with Gasteiger partial charge >= 0.3 is 0 Å². The standard InChI is InChI=1S/C25H35NO2/c1-5-24(26-17-19-8-12-21(13-9-19)25(2,3)4)20-10-14-22(15-11-20)28-18-23-7-6-16-27-23/h8-15,23-24,26H,5-7,16-18H2,1-4H3. The molecule has 0 amide bonds. The van der Waals surface area contributed by atoms with Gasteiger partial charge in [0.2, 0.25) is 0 Å². The van der Waals surface area contributed by atoms with Gasteiger partial charge in [0, 0.05) is 19.2 Å². The molecule has 3 heteroatoms. The van der Waals surface area contributed by atoms with E-state index in [2.05, 4.69) is 81.5 Å². The van der Waals surface area contributed by atoms with Gasteiger partial charge in [-0.05, 0) is 53.5 Å². The Labute approximate surface area is 170 Å². The molecule has 152 valence electrons. The molecule has 2 aromatic carbocycles. The minimum absolute atomic E-state index is 0.200. The van der Waals surface area contributed by atoms with Crippen molar-refractivity contribution in [2.24, 2.45) is 0 Å². The molecule has 1 fully saturated rings. The van der Waals surface area contributed by atoms with Crippen molar-refractivity contribution < 1.29 is 9.47 Å². The quantitative estimate of drug-likeness (QED) is 0.628. The Balaban J connectivity index is 1.52. The molecular weight excluding hydrogens is 346 g/mol. The van der Waals surface area contributed by atoms with Crippen LogP contribution in [0.2, 0.25) is 0 Å². The van der Waals surface area contributed by atoms with Gasteiger partial charge in [0.25, 0.3) is 0 Å². The second kappa shape index (κ2) is 9.58. The van der Waals surface area contributed by atoms with Crippen LogP contribution in [0, 0.1) is 0 Å². The normalized spacial score (nSPS) is 18.2. The van der Waals surface area contributed by atoms with Gasteiger partial charge in [0.15, 0.2) is 0 Å². The van der Waals surface area contributed by atoms with Crippen LogP contribution >= 0.6 is 0 Å². The van der Waals surface area contributed by atoms with E-state index in [-0.39, 0.29) is 11.5 Å². The van der Waals surface area contributed by atoms with Gasteiger partial charge in [-0.2, -0.15) is 0 Å². The van der Waals surface area contributed by atoms with Crippen LogP contribution in [-0.2, 0) is 16.7 Å². The second-order valence-corrected chi connectivity index (χ2v) is 8.80. The molecule has 1 saturated heterocycles. The first-order chi connectivity index (χ1) is 13.5. The molecule has 0 saturated carbocycles. The Morgan fingerprint density at radius 2 is 1.79 bits per heavy atom. The molecule has 3 nitrogen and oxygen atoms in total. The zero-order chi connectivity index (χ0) is 20.0. The van der Waals surface area contributed by atoms with Gasteiger partial charge in [0.05, 0.1) is 6.10 Å². The lowest BCUT2D eigenvalue weighted by molar-refractivity contribution is 0.0679. The first-order valence-corrected chi connectivity index (χ1v) is 10.6. The summed E-state index contributed by atoms with van der Waals surface area (Å²) >= 11 is 0. The molecule has 0 aromatic heterocycles. The summed E-state index contributed by atoms with van der Waals surface area (Å²) in [4.78, 5) is 0. The van der Waals surface area contributed by atoms with E-state index in [1.807, 2.05) is 0 Å². The third kappa shape index (κ3) is 5.83. The van der Waals surface area contributed by atoms with E-state index >= 15 is 0 Å². The van der Waals surface area contributed by atoms with Crippen LogP contribution in [0.4, 0.5) is 0 Å². The lowest BCUT2D eigenvalue weighted by Gasteiger charge is -2.20. The summed E-state index contributed by atoms with van der Waals surface area (Å²) in [5, 5.41) is 3.70. The van der Waals surface area contributed by atoms with Crippen LogP contribution in [0.3, 0.4) is 0 Å². The van der Waals surface area contributed by atoms with E-state index in [4.69, 9.17) is 9.47 Å². The van der Waals surface area contributed by atoms with Crippen LogP contribution in [0.1, 0.15) is 69.7 Å². The van der Waals surface area contributed by atoms with Gasteiger partial charge < -0.3 is 14.8 Å². The van der Waals surface area contributed by atoms with Crippen LogP contribution in [0.15, 0.2) is 48.5 Å². The van der Waals surface area contributed by atoms with Crippen molar-refractivity contribution in [3.8, 4) is 5.75 Å². The molecule has 1 aliphatic rings. The molecule has 1 N–H and O–H groups in total. The van der Waals surface area contributed by atoms with Crippen molar-refractivity contribution in [1.82, 2.24) is 5.32 Å². The number of benzene rings is 2. The van der Waals surface area contributed by atoms with Crippen molar-refractivity contribution in [2.75, 3.05) is 13.2 Å². The van der Waals surface area contributed by atoms with Crippen LogP contribution < -0.4 is 10.1 Å². The number of nitrogens with one attached hydrogen (secondary N) is 1. The lowest BCUT2D eigenvalue weighted by atomic mass is 9.87. The van der Waals surface area contributed by atoms with Crippen molar-refractivity contribution in [3.05, 3.63) is 65.2 Å². The topological polar surface area (TPSA) is 30.5 Å². The van der Waals surface area contributed by atoms with Crippen molar-refractivity contribution in [2.45, 2.75) is 71.1 Å². The minimum Gasteiger partial charge on any atom is -0.491 e. The fourth-order valence-electron chi connectivity index (χ4n) is 3.62. The first kappa shape index (κ1) is 20.9. The van der Waals surface area contributed by atoms with E-state index in [1.165, 1.54) is 16.7 Å². The Bertz CT molecular complexity index is 710. The smallest absolute Gasteiger partial charge is 0.119 e.